The lowest BCUT2D eigenvalue weighted by Crippen LogP contribution is -2.50. The second-order valence-corrected chi connectivity index (χ2v) is 4.90. The summed E-state index contributed by atoms with van der Waals surface area (Å²) in [6.45, 7) is 3.31. The average Bonchev–Trinajstić information content (AvgIpc) is 2.59. The highest BCUT2D eigenvalue weighted by atomic mass is 16.5. The maximum Gasteiger partial charge on any atom is 0.243 e. The van der Waals surface area contributed by atoms with Gasteiger partial charge in [0.2, 0.25) is 5.91 Å². The monoisotopic (exact) mass is 248 g/mol. The first-order chi connectivity index (χ1) is 8.62. The third kappa shape index (κ3) is 2.82. The summed E-state index contributed by atoms with van der Waals surface area (Å²) < 4.78 is 5.41. The molecule has 1 atom stereocenters. The number of benzene rings is 1. The zero-order chi connectivity index (χ0) is 13.0. The number of carbonyl (C=O) groups is 1. The van der Waals surface area contributed by atoms with E-state index in [1.165, 1.54) is 5.56 Å². The smallest absolute Gasteiger partial charge is 0.243 e. The second kappa shape index (κ2) is 5.40. The number of ether oxygens (including phenoxy) is 1. The molecule has 18 heavy (non-hydrogen) atoms. The number of amides is 1. The van der Waals surface area contributed by atoms with Crippen molar-refractivity contribution >= 4 is 11.6 Å². The summed E-state index contributed by atoms with van der Waals surface area (Å²) >= 11 is 0. The van der Waals surface area contributed by atoms with Gasteiger partial charge in [0, 0.05) is 25.3 Å². The zero-order valence-electron chi connectivity index (χ0n) is 10.7. The highest BCUT2D eigenvalue weighted by molar-refractivity contribution is 5.88. The molecule has 0 aromatic heterocycles. The Balaban J connectivity index is 2.19. The van der Waals surface area contributed by atoms with Gasteiger partial charge in [-0.15, -0.1) is 0 Å². The molecular weight excluding hydrogens is 228 g/mol. The van der Waals surface area contributed by atoms with Crippen LogP contribution in [-0.2, 0) is 9.53 Å². The number of carbonyl (C=O) groups excluding carboxylic acids is 1. The van der Waals surface area contributed by atoms with E-state index in [2.05, 4.69) is 5.32 Å². The van der Waals surface area contributed by atoms with Crippen molar-refractivity contribution in [3.63, 3.8) is 0 Å². The number of nitrogens with two attached hydrogens (primary N) is 1. The van der Waals surface area contributed by atoms with Crippen LogP contribution in [0.4, 0.5) is 5.69 Å². The first-order valence-electron chi connectivity index (χ1n) is 6.35. The molecule has 4 heteroatoms. The second-order valence-electron chi connectivity index (χ2n) is 4.90. The Morgan fingerprint density at radius 1 is 1.28 bits per heavy atom. The first kappa shape index (κ1) is 12.9. The SMILES string of the molecule is Cc1ccc(NC2(C(N)=O)CCCOCC2)cc1. The number of primary amides is 1. The van der Waals surface area contributed by atoms with Crippen LogP contribution in [-0.4, -0.2) is 24.7 Å². The third-order valence-electron chi connectivity index (χ3n) is 3.47. The van der Waals surface area contributed by atoms with Gasteiger partial charge in [-0.05, 0) is 31.9 Å². The number of hydrogen-bond donors (Lipinski definition) is 2. The minimum atomic E-state index is -0.675. The van der Waals surface area contributed by atoms with E-state index in [1.807, 2.05) is 31.2 Å². The van der Waals surface area contributed by atoms with E-state index in [0.717, 1.165) is 18.5 Å². The Morgan fingerprint density at radius 3 is 2.67 bits per heavy atom. The molecule has 1 aliphatic rings. The minimum absolute atomic E-state index is 0.298. The van der Waals surface area contributed by atoms with Gasteiger partial charge in [-0.2, -0.15) is 0 Å². The van der Waals surface area contributed by atoms with Crippen LogP contribution in [0.15, 0.2) is 24.3 Å². The summed E-state index contributed by atoms with van der Waals surface area (Å²) in [5, 5.41) is 3.31. The molecule has 3 N–H and O–H groups in total. The highest BCUT2D eigenvalue weighted by Crippen LogP contribution is 2.26. The average molecular weight is 248 g/mol. The van der Waals surface area contributed by atoms with Crippen molar-refractivity contribution in [1.29, 1.82) is 0 Å². The van der Waals surface area contributed by atoms with Gasteiger partial charge in [0.25, 0.3) is 0 Å². The molecule has 1 unspecified atom stereocenters. The summed E-state index contributed by atoms with van der Waals surface area (Å²) in [5.74, 6) is -0.298. The Labute approximate surface area is 108 Å². The minimum Gasteiger partial charge on any atom is -0.381 e. The van der Waals surface area contributed by atoms with Crippen molar-refractivity contribution < 1.29 is 9.53 Å². The van der Waals surface area contributed by atoms with Crippen molar-refractivity contribution in [2.45, 2.75) is 31.7 Å². The molecule has 0 aliphatic carbocycles. The van der Waals surface area contributed by atoms with Crippen LogP contribution in [0, 0.1) is 6.92 Å². The maximum atomic E-state index is 11.8. The van der Waals surface area contributed by atoms with E-state index >= 15 is 0 Å². The molecule has 1 aromatic carbocycles. The van der Waals surface area contributed by atoms with Gasteiger partial charge in [0.15, 0.2) is 0 Å². The van der Waals surface area contributed by atoms with E-state index in [9.17, 15) is 4.79 Å². The topological polar surface area (TPSA) is 64.3 Å². The lowest BCUT2D eigenvalue weighted by Gasteiger charge is -2.31. The Kier molecular flexibility index (Phi) is 3.87. The van der Waals surface area contributed by atoms with Crippen LogP contribution < -0.4 is 11.1 Å². The van der Waals surface area contributed by atoms with E-state index in [1.54, 1.807) is 0 Å². The molecule has 4 nitrogen and oxygen atoms in total. The summed E-state index contributed by atoms with van der Waals surface area (Å²) in [6.07, 6.45) is 2.19. The molecule has 1 amide bonds. The molecule has 2 rings (SSSR count). The van der Waals surface area contributed by atoms with Gasteiger partial charge in [-0.1, -0.05) is 17.7 Å². The van der Waals surface area contributed by atoms with E-state index in [-0.39, 0.29) is 5.91 Å². The van der Waals surface area contributed by atoms with Gasteiger partial charge in [0.05, 0.1) is 0 Å². The molecule has 1 aliphatic heterocycles. The number of nitrogens with one attached hydrogen (secondary N) is 1. The van der Waals surface area contributed by atoms with Gasteiger partial charge in [-0.25, -0.2) is 0 Å². The van der Waals surface area contributed by atoms with Gasteiger partial charge < -0.3 is 15.8 Å². The van der Waals surface area contributed by atoms with Crippen LogP contribution in [0.5, 0.6) is 0 Å². The number of aryl methyl sites for hydroxylation is 1. The maximum absolute atomic E-state index is 11.8. The van der Waals surface area contributed by atoms with Crippen LogP contribution in [0.25, 0.3) is 0 Å². The predicted octanol–water partition coefficient (Wildman–Crippen LogP) is 1.83. The predicted molar refractivity (Wildman–Crippen MR) is 71.4 cm³/mol. The summed E-state index contributed by atoms with van der Waals surface area (Å²) in [4.78, 5) is 11.8. The molecule has 0 bridgehead atoms. The highest BCUT2D eigenvalue weighted by Gasteiger charge is 2.37. The van der Waals surface area contributed by atoms with Crippen molar-refractivity contribution in [3.05, 3.63) is 29.8 Å². The molecule has 1 aromatic rings. The fourth-order valence-corrected chi connectivity index (χ4v) is 2.30. The Morgan fingerprint density at radius 2 is 2.00 bits per heavy atom. The lowest BCUT2D eigenvalue weighted by atomic mass is 9.89. The summed E-state index contributed by atoms with van der Waals surface area (Å²) in [5.41, 5.74) is 7.04. The summed E-state index contributed by atoms with van der Waals surface area (Å²) in [6, 6.07) is 7.99. The zero-order valence-corrected chi connectivity index (χ0v) is 10.7. The van der Waals surface area contributed by atoms with Crippen LogP contribution in [0.2, 0.25) is 0 Å². The fourth-order valence-electron chi connectivity index (χ4n) is 2.30. The largest absolute Gasteiger partial charge is 0.381 e. The fraction of sp³-hybridized carbons (Fsp3) is 0.500. The molecule has 1 fully saturated rings. The number of hydrogen-bond acceptors (Lipinski definition) is 3. The molecule has 98 valence electrons. The van der Waals surface area contributed by atoms with Gasteiger partial charge in [0.1, 0.15) is 5.54 Å². The van der Waals surface area contributed by atoms with Crippen molar-refractivity contribution in [2.24, 2.45) is 5.73 Å². The molecule has 0 saturated carbocycles. The Hall–Kier alpha value is -1.55. The van der Waals surface area contributed by atoms with Crippen LogP contribution >= 0.6 is 0 Å². The van der Waals surface area contributed by atoms with E-state index in [0.29, 0.717) is 19.6 Å². The van der Waals surface area contributed by atoms with Crippen LogP contribution in [0.1, 0.15) is 24.8 Å². The molecular formula is C14H20N2O2. The third-order valence-corrected chi connectivity index (χ3v) is 3.47. The first-order valence-corrected chi connectivity index (χ1v) is 6.35. The molecule has 1 saturated heterocycles. The number of anilines is 1. The number of rotatable bonds is 3. The van der Waals surface area contributed by atoms with Crippen LogP contribution in [0.3, 0.4) is 0 Å². The molecule has 0 spiro atoms. The normalized spacial score (nSPS) is 24.3. The van der Waals surface area contributed by atoms with Crippen molar-refractivity contribution in [2.75, 3.05) is 18.5 Å². The Bertz CT molecular complexity index is 406. The van der Waals surface area contributed by atoms with Crippen molar-refractivity contribution in [3.8, 4) is 0 Å². The van der Waals surface area contributed by atoms with Crippen molar-refractivity contribution in [1.82, 2.24) is 0 Å². The molecule has 1 heterocycles. The van der Waals surface area contributed by atoms with E-state index in [4.69, 9.17) is 10.5 Å². The van der Waals surface area contributed by atoms with Gasteiger partial charge >= 0.3 is 0 Å². The quantitative estimate of drug-likeness (QED) is 0.857. The standard InChI is InChI=1S/C14H20N2O2/c1-11-3-5-12(6-4-11)16-14(13(15)17)7-2-9-18-10-8-14/h3-6,16H,2,7-10H2,1H3,(H2,15,17). The van der Waals surface area contributed by atoms with Gasteiger partial charge in [-0.3, -0.25) is 4.79 Å². The molecule has 0 radical (unpaired) electrons. The lowest BCUT2D eigenvalue weighted by molar-refractivity contribution is -0.122. The summed E-state index contributed by atoms with van der Waals surface area (Å²) in [7, 11) is 0. The van der Waals surface area contributed by atoms with E-state index < -0.39 is 5.54 Å².